The molecule has 1 amide bonds. The van der Waals surface area contributed by atoms with Crippen molar-refractivity contribution in [2.24, 2.45) is 0 Å². The standard InChI is InChI=1S/C18H19F3N2O/c19-18(20,21)15-8-10-16(11-9-15)23-13-17(24)22-12-4-7-14-5-2-1-3-6-14/h1-3,5-6,8-11,23H,4,7,12-13H2,(H,22,24). The van der Waals surface area contributed by atoms with Gasteiger partial charge in [-0.1, -0.05) is 30.3 Å². The normalized spacial score (nSPS) is 11.1. The summed E-state index contributed by atoms with van der Waals surface area (Å²) < 4.78 is 37.3. The van der Waals surface area contributed by atoms with Crippen molar-refractivity contribution in [2.75, 3.05) is 18.4 Å². The molecule has 0 unspecified atom stereocenters. The minimum Gasteiger partial charge on any atom is -0.376 e. The Morgan fingerprint density at radius 3 is 2.25 bits per heavy atom. The number of alkyl halides is 3. The van der Waals surface area contributed by atoms with Gasteiger partial charge in [-0.2, -0.15) is 13.2 Å². The molecule has 6 heteroatoms. The third-order valence-corrected chi connectivity index (χ3v) is 3.47. The van der Waals surface area contributed by atoms with E-state index in [4.69, 9.17) is 0 Å². The Hall–Kier alpha value is -2.50. The van der Waals surface area contributed by atoms with Crippen LogP contribution in [0.1, 0.15) is 17.5 Å². The van der Waals surface area contributed by atoms with Crippen molar-refractivity contribution in [3.63, 3.8) is 0 Å². The Kier molecular flexibility index (Phi) is 6.23. The van der Waals surface area contributed by atoms with E-state index < -0.39 is 11.7 Å². The van der Waals surface area contributed by atoms with Gasteiger partial charge < -0.3 is 10.6 Å². The molecule has 0 spiro atoms. The zero-order valence-electron chi connectivity index (χ0n) is 13.1. The number of carbonyl (C=O) groups is 1. The van der Waals surface area contributed by atoms with Gasteiger partial charge in [0.05, 0.1) is 12.1 Å². The number of rotatable bonds is 7. The Balaban J connectivity index is 1.66. The fraction of sp³-hybridized carbons (Fsp3) is 0.278. The van der Waals surface area contributed by atoms with Gasteiger partial charge in [-0.25, -0.2) is 0 Å². The van der Waals surface area contributed by atoms with Crippen LogP contribution in [0.2, 0.25) is 0 Å². The van der Waals surface area contributed by atoms with E-state index in [1.54, 1.807) is 0 Å². The van der Waals surface area contributed by atoms with Crippen LogP contribution < -0.4 is 10.6 Å². The van der Waals surface area contributed by atoms with Gasteiger partial charge in [-0.3, -0.25) is 4.79 Å². The van der Waals surface area contributed by atoms with Crippen molar-refractivity contribution in [3.05, 3.63) is 65.7 Å². The van der Waals surface area contributed by atoms with Gasteiger partial charge in [0.2, 0.25) is 5.91 Å². The highest BCUT2D eigenvalue weighted by Gasteiger charge is 2.29. The van der Waals surface area contributed by atoms with E-state index in [-0.39, 0.29) is 12.5 Å². The van der Waals surface area contributed by atoms with Crippen LogP contribution in [0, 0.1) is 0 Å². The molecule has 0 fully saturated rings. The van der Waals surface area contributed by atoms with Crippen molar-refractivity contribution in [3.8, 4) is 0 Å². The molecule has 0 heterocycles. The molecule has 0 bridgehead atoms. The molecule has 0 aliphatic carbocycles. The molecule has 2 aromatic carbocycles. The van der Waals surface area contributed by atoms with E-state index in [2.05, 4.69) is 10.6 Å². The number of amides is 1. The summed E-state index contributed by atoms with van der Waals surface area (Å²) in [5, 5.41) is 5.58. The highest BCUT2D eigenvalue weighted by molar-refractivity contribution is 5.80. The van der Waals surface area contributed by atoms with E-state index in [1.807, 2.05) is 30.3 Å². The largest absolute Gasteiger partial charge is 0.416 e. The topological polar surface area (TPSA) is 41.1 Å². The highest BCUT2D eigenvalue weighted by Crippen LogP contribution is 2.29. The molecular weight excluding hydrogens is 317 g/mol. The Labute approximate surface area is 138 Å². The third kappa shape index (κ3) is 5.95. The summed E-state index contributed by atoms with van der Waals surface area (Å²) in [6.45, 7) is 0.582. The second-order valence-corrected chi connectivity index (χ2v) is 5.37. The van der Waals surface area contributed by atoms with Gasteiger partial charge >= 0.3 is 6.18 Å². The maximum Gasteiger partial charge on any atom is 0.416 e. The lowest BCUT2D eigenvalue weighted by Gasteiger charge is -2.10. The summed E-state index contributed by atoms with van der Waals surface area (Å²) >= 11 is 0. The van der Waals surface area contributed by atoms with E-state index in [0.717, 1.165) is 25.0 Å². The number of hydrogen-bond acceptors (Lipinski definition) is 2. The molecule has 2 rings (SSSR count). The lowest BCUT2D eigenvalue weighted by atomic mass is 10.1. The average Bonchev–Trinajstić information content (AvgIpc) is 2.57. The summed E-state index contributed by atoms with van der Waals surface area (Å²) in [4.78, 5) is 11.7. The molecular formula is C18H19F3N2O. The zero-order valence-corrected chi connectivity index (χ0v) is 13.1. The smallest absolute Gasteiger partial charge is 0.376 e. The first-order valence-electron chi connectivity index (χ1n) is 7.67. The molecule has 0 aliphatic heterocycles. The summed E-state index contributed by atoms with van der Waals surface area (Å²) in [5.41, 5.74) is 0.982. The van der Waals surface area contributed by atoms with Crippen LogP contribution in [-0.2, 0) is 17.4 Å². The molecule has 0 saturated carbocycles. The molecule has 2 N–H and O–H groups in total. The first-order valence-corrected chi connectivity index (χ1v) is 7.67. The molecule has 128 valence electrons. The third-order valence-electron chi connectivity index (χ3n) is 3.47. The van der Waals surface area contributed by atoms with Crippen LogP contribution in [0.3, 0.4) is 0 Å². The molecule has 3 nitrogen and oxygen atoms in total. The van der Waals surface area contributed by atoms with Crippen molar-refractivity contribution in [1.82, 2.24) is 5.32 Å². The molecule has 0 atom stereocenters. The number of carbonyl (C=O) groups excluding carboxylic acids is 1. The minimum atomic E-state index is -4.35. The molecule has 0 radical (unpaired) electrons. The predicted octanol–water partition coefficient (Wildman–Crippen LogP) is 3.87. The van der Waals surface area contributed by atoms with Crippen LogP contribution in [0.15, 0.2) is 54.6 Å². The molecule has 2 aromatic rings. The summed E-state index contributed by atoms with van der Waals surface area (Å²) in [7, 11) is 0. The zero-order chi connectivity index (χ0) is 17.4. The van der Waals surface area contributed by atoms with E-state index in [0.29, 0.717) is 12.2 Å². The van der Waals surface area contributed by atoms with Crippen LogP contribution in [0.4, 0.5) is 18.9 Å². The maximum absolute atomic E-state index is 12.4. The maximum atomic E-state index is 12.4. The molecule has 24 heavy (non-hydrogen) atoms. The van der Waals surface area contributed by atoms with Crippen molar-refractivity contribution in [2.45, 2.75) is 19.0 Å². The fourth-order valence-electron chi connectivity index (χ4n) is 2.19. The molecule has 0 saturated heterocycles. The van der Waals surface area contributed by atoms with E-state index >= 15 is 0 Å². The van der Waals surface area contributed by atoms with Crippen LogP contribution in [0.25, 0.3) is 0 Å². The predicted molar refractivity (Wildman–Crippen MR) is 87.7 cm³/mol. The first-order chi connectivity index (χ1) is 11.4. The Morgan fingerprint density at radius 1 is 0.958 bits per heavy atom. The fourth-order valence-corrected chi connectivity index (χ4v) is 2.19. The number of nitrogens with one attached hydrogen (secondary N) is 2. The SMILES string of the molecule is O=C(CNc1ccc(C(F)(F)F)cc1)NCCCc1ccccc1. The van der Waals surface area contributed by atoms with E-state index in [9.17, 15) is 18.0 Å². The summed E-state index contributed by atoms with van der Waals surface area (Å²) in [6.07, 6.45) is -2.64. The lowest BCUT2D eigenvalue weighted by molar-refractivity contribution is -0.137. The second kappa shape index (κ2) is 8.38. The Bertz CT molecular complexity index is 640. The quantitative estimate of drug-likeness (QED) is 0.754. The van der Waals surface area contributed by atoms with Gasteiger partial charge in [0.25, 0.3) is 0 Å². The van der Waals surface area contributed by atoms with Crippen molar-refractivity contribution >= 4 is 11.6 Å². The first kappa shape index (κ1) is 17.8. The lowest BCUT2D eigenvalue weighted by Crippen LogP contribution is -2.30. The average molecular weight is 336 g/mol. The van der Waals surface area contributed by atoms with Gasteiger partial charge in [0, 0.05) is 12.2 Å². The van der Waals surface area contributed by atoms with Crippen LogP contribution in [0.5, 0.6) is 0 Å². The van der Waals surface area contributed by atoms with Crippen LogP contribution >= 0.6 is 0 Å². The van der Waals surface area contributed by atoms with Crippen molar-refractivity contribution in [1.29, 1.82) is 0 Å². The monoisotopic (exact) mass is 336 g/mol. The van der Waals surface area contributed by atoms with Gasteiger partial charge in [-0.15, -0.1) is 0 Å². The van der Waals surface area contributed by atoms with Crippen molar-refractivity contribution < 1.29 is 18.0 Å². The Morgan fingerprint density at radius 2 is 1.62 bits per heavy atom. The molecule has 0 aliphatic rings. The second-order valence-electron chi connectivity index (χ2n) is 5.37. The number of hydrogen-bond donors (Lipinski definition) is 2. The highest BCUT2D eigenvalue weighted by atomic mass is 19.4. The van der Waals surface area contributed by atoms with E-state index in [1.165, 1.54) is 17.7 Å². The number of benzene rings is 2. The van der Waals surface area contributed by atoms with Gasteiger partial charge in [0.1, 0.15) is 0 Å². The number of aryl methyl sites for hydroxylation is 1. The minimum absolute atomic E-state index is 0.0245. The summed E-state index contributed by atoms with van der Waals surface area (Å²) in [6, 6.07) is 14.6. The number of anilines is 1. The van der Waals surface area contributed by atoms with Crippen LogP contribution in [-0.4, -0.2) is 19.0 Å². The van der Waals surface area contributed by atoms with Gasteiger partial charge in [0.15, 0.2) is 0 Å². The molecule has 0 aromatic heterocycles. The van der Waals surface area contributed by atoms with Gasteiger partial charge in [-0.05, 0) is 42.7 Å². The number of halogens is 3. The summed E-state index contributed by atoms with van der Waals surface area (Å²) in [5.74, 6) is -0.192.